The highest BCUT2D eigenvalue weighted by atomic mass is 79.9. The molecule has 19 heavy (non-hydrogen) atoms. The zero-order valence-electron chi connectivity index (χ0n) is 10.6. The molecule has 0 spiro atoms. The fraction of sp³-hybridized carbons (Fsp3) is 0.250. The van der Waals surface area contributed by atoms with E-state index in [0.29, 0.717) is 17.8 Å². The Kier molecular flexibility index (Phi) is 3.96. The molecule has 0 radical (unpaired) electrons. The maximum atomic E-state index is 12.3. The van der Waals surface area contributed by atoms with Gasteiger partial charge in [0.15, 0.2) is 0 Å². The largest absolute Gasteiger partial charge is 0.276 e. The molecule has 2 aromatic rings. The molecule has 2 rings (SSSR count). The molecule has 0 saturated carbocycles. The number of nitrogens with zero attached hydrogens (tertiary/aromatic N) is 2. The van der Waals surface area contributed by atoms with Crippen molar-refractivity contribution >= 4 is 31.6 Å². The first-order valence-electron chi connectivity index (χ1n) is 5.74. The smallest absolute Gasteiger partial charge is 0.262 e. The van der Waals surface area contributed by atoms with Crippen LogP contribution in [-0.2, 0) is 16.6 Å². The third-order valence-electron chi connectivity index (χ3n) is 2.64. The second kappa shape index (κ2) is 5.34. The van der Waals surface area contributed by atoms with Crippen LogP contribution in [0.15, 0.2) is 40.0 Å². The number of aryl methyl sites for hydroxylation is 2. The average molecular weight is 344 g/mol. The van der Waals surface area contributed by atoms with Crippen LogP contribution in [0.3, 0.4) is 0 Å². The molecule has 5 nitrogen and oxygen atoms in total. The first kappa shape index (κ1) is 14.1. The third kappa shape index (κ3) is 3.16. The summed E-state index contributed by atoms with van der Waals surface area (Å²) in [6.45, 7) is 4.39. The predicted octanol–water partition coefficient (Wildman–Crippen LogP) is 2.77. The molecule has 1 N–H and O–H groups in total. The van der Waals surface area contributed by atoms with E-state index in [2.05, 4.69) is 25.8 Å². The number of sulfonamides is 1. The number of aromatic nitrogens is 2. The summed E-state index contributed by atoms with van der Waals surface area (Å²) < 4.78 is 29.6. The van der Waals surface area contributed by atoms with E-state index in [1.54, 1.807) is 36.0 Å². The molecule has 7 heteroatoms. The minimum absolute atomic E-state index is 0.264. The van der Waals surface area contributed by atoms with Gasteiger partial charge in [-0.3, -0.25) is 9.40 Å². The van der Waals surface area contributed by atoms with Crippen molar-refractivity contribution in [3.05, 3.63) is 40.6 Å². The molecule has 0 bridgehead atoms. The molecule has 1 heterocycles. The Morgan fingerprint density at radius 2 is 2.16 bits per heavy atom. The van der Waals surface area contributed by atoms with Crippen molar-refractivity contribution in [3.63, 3.8) is 0 Å². The van der Waals surface area contributed by atoms with Gasteiger partial charge in [-0.1, -0.05) is 15.9 Å². The zero-order valence-corrected chi connectivity index (χ0v) is 13.0. The van der Waals surface area contributed by atoms with E-state index in [9.17, 15) is 8.42 Å². The summed E-state index contributed by atoms with van der Waals surface area (Å²) >= 11 is 3.31. The molecule has 0 atom stereocenters. The van der Waals surface area contributed by atoms with Gasteiger partial charge in [-0.15, -0.1) is 0 Å². The number of hydrogen-bond donors (Lipinski definition) is 1. The summed E-state index contributed by atoms with van der Waals surface area (Å²) in [5, 5.41) is 4.03. The Labute approximate surface area is 120 Å². The summed E-state index contributed by atoms with van der Waals surface area (Å²) in [7, 11) is -3.58. The normalized spacial score (nSPS) is 11.5. The van der Waals surface area contributed by atoms with Crippen LogP contribution in [0.5, 0.6) is 0 Å². The van der Waals surface area contributed by atoms with E-state index in [4.69, 9.17) is 0 Å². The standard InChI is InChI=1S/C12H14BrN3O2S/c1-3-16-8-11(7-14-16)15-19(17,18)12-5-4-10(13)6-9(12)2/h4-8,15H,3H2,1-2H3. The molecule has 0 fully saturated rings. The molecule has 1 aromatic heterocycles. The average Bonchev–Trinajstić information content (AvgIpc) is 2.75. The Hall–Kier alpha value is -1.34. The zero-order chi connectivity index (χ0) is 14.0. The van der Waals surface area contributed by atoms with Gasteiger partial charge < -0.3 is 0 Å². The molecular weight excluding hydrogens is 330 g/mol. The molecule has 0 aliphatic rings. The number of hydrogen-bond acceptors (Lipinski definition) is 3. The van der Waals surface area contributed by atoms with Gasteiger partial charge in [0.1, 0.15) is 0 Å². The minimum atomic E-state index is -3.58. The highest BCUT2D eigenvalue weighted by molar-refractivity contribution is 9.10. The number of halogens is 1. The van der Waals surface area contributed by atoms with Gasteiger partial charge in [0, 0.05) is 17.2 Å². The molecule has 0 saturated heterocycles. The highest BCUT2D eigenvalue weighted by Gasteiger charge is 2.17. The lowest BCUT2D eigenvalue weighted by molar-refractivity contribution is 0.600. The second-order valence-electron chi connectivity index (χ2n) is 4.10. The van der Waals surface area contributed by atoms with Crippen LogP contribution in [0.2, 0.25) is 0 Å². The van der Waals surface area contributed by atoms with Crippen molar-refractivity contribution in [3.8, 4) is 0 Å². The fourth-order valence-electron chi connectivity index (χ4n) is 1.71. The van der Waals surface area contributed by atoms with Crippen molar-refractivity contribution in [2.45, 2.75) is 25.3 Å². The number of rotatable bonds is 4. The predicted molar refractivity (Wildman–Crippen MR) is 77.6 cm³/mol. The van der Waals surface area contributed by atoms with Crippen LogP contribution in [0.4, 0.5) is 5.69 Å². The van der Waals surface area contributed by atoms with E-state index in [0.717, 1.165) is 4.47 Å². The SMILES string of the molecule is CCn1cc(NS(=O)(=O)c2ccc(Br)cc2C)cn1. The van der Waals surface area contributed by atoms with Crippen LogP contribution < -0.4 is 4.72 Å². The molecule has 0 unspecified atom stereocenters. The monoisotopic (exact) mass is 343 g/mol. The summed E-state index contributed by atoms with van der Waals surface area (Å²) in [5.74, 6) is 0. The van der Waals surface area contributed by atoms with Crippen molar-refractivity contribution in [2.75, 3.05) is 4.72 Å². The van der Waals surface area contributed by atoms with Gasteiger partial charge in [0.2, 0.25) is 0 Å². The van der Waals surface area contributed by atoms with Crippen molar-refractivity contribution < 1.29 is 8.42 Å². The lowest BCUT2D eigenvalue weighted by Gasteiger charge is -2.08. The molecule has 0 aliphatic carbocycles. The van der Waals surface area contributed by atoms with Gasteiger partial charge in [-0.25, -0.2) is 8.42 Å². The van der Waals surface area contributed by atoms with Crippen molar-refractivity contribution in [2.24, 2.45) is 0 Å². The van der Waals surface area contributed by atoms with E-state index < -0.39 is 10.0 Å². The summed E-state index contributed by atoms with van der Waals surface area (Å²) in [5.41, 5.74) is 1.15. The van der Waals surface area contributed by atoms with Gasteiger partial charge >= 0.3 is 0 Å². The maximum Gasteiger partial charge on any atom is 0.262 e. The quantitative estimate of drug-likeness (QED) is 0.928. The highest BCUT2D eigenvalue weighted by Crippen LogP contribution is 2.22. The van der Waals surface area contributed by atoms with Crippen LogP contribution in [-0.4, -0.2) is 18.2 Å². The van der Waals surface area contributed by atoms with Gasteiger partial charge in [-0.05, 0) is 37.6 Å². The van der Waals surface area contributed by atoms with E-state index in [1.807, 2.05) is 6.92 Å². The first-order chi connectivity index (χ1) is 8.92. The van der Waals surface area contributed by atoms with E-state index >= 15 is 0 Å². The molecule has 1 aromatic carbocycles. The summed E-state index contributed by atoms with van der Waals surface area (Å²) in [4.78, 5) is 0.264. The van der Waals surface area contributed by atoms with Crippen LogP contribution in [0.1, 0.15) is 12.5 Å². The molecule has 102 valence electrons. The van der Waals surface area contributed by atoms with Crippen LogP contribution in [0, 0.1) is 6.92 Å². The number of anilines is 1. The Morgan fingerprint density at radius 3 is 2.74 bits per heavy atom. The summed E-state index contributed by atoms with van der Waals surface area (Å²) in [6, 6.07) is 5.05. The second-order valence-corrected chi connectivity index (χ2v) is 6.67. The Morgan fingerprint density at radius 1 is 1.42 bits per heavy atom. The van der Waals surface area contributed by atoms with Crippen molar-refractivity contribution in [1.82, 2.24) is 9.78 Å². The van der Waals surface area contributed by atoms with Crippen molar-refractivity contribution in [1.29, 1.82) is 0 Å². The lowest BCUT2D eigenvalue weighted by atomic mass is 10.2. The molecular formula is C12H14BrN3O2S. The van der Waals surface area contributed by atoms with E-state index in [-0.39, 0.29) is 4.90 Å². The topological polar surface area (TPSA) is 64.0 Å². The van der Waals surface area contributed by atoms with Gasteiger partial charge in [0.25, 0.3) is 10.0 Å². The third-order valence-corrected chi connectivity index (χ3v) is 4.67. The Bertz CT molecular complexity index is 695. The van der Waals surface area contributed by atoms with Gasteiger partial charge in [0.05, 0.1) is 16.8 Å². The van der Waals surface area contributed by atoms with Gasteiger partial charge in [-0.2, -0.15) is 5.10 Å². The Balaban J connectivity index is 2.32. The summed E-state index contributed by atoms with van der Waals surface area (Å²) in [6.07, 6.45) is 3.15. The first-order valence-corrected chi connectivity index (χ1v) is 8.01. The minimum Gasteiger partial charge on any atom is -0.276 e. The van der Waals surface area contributed by atoms with Crippen LogP contribution >= 0.6 is 15.9 Å². The maximum absolute atomic E-state index is 12.3. The van der Waals surface area contributed by atoms with Crippen LogP contribution in [0.25, 0.3) is 0 Å². The molecule has 0 aliphatic heterocycles. The molecule has 0 amide bonds. The van der Waals surface area contributed by atoms with E-state index in [1.165, 1.54) is 6.20 Å². The number of nitrogens with one attached hydrogen (secondary N) is 1. The fourth-order valence-corrected chi connectivity index (χ4v) is 3.44. The lowest BCUT2D eigenvalue weighted by Crippen LogP contribution is -2.13. The number of benzene rings is 1.